The number of aryl methyl sites for hydroxylation is 1. The van der Waals surface area contributed by atoms with Crippen LogP contribution in [0.25, 0.3) is 0 Å². The number of benzene rings is 3. The summed E-state index contributed by atoms with van der Waals surface area (Å²) in [4.78, 5) is 12.5. The predicted octanol–water partition coefficient (Wildman–Crippen LogP) is 4.15. The zero-order valence-corrected chi connectivity index (χ0v) is 19.8. The molecule has 0 saturated carbocycles. The van der Waals surface area contributed by atoms with Gasteiger partial charge in [-0.3, -0.25) is 9.52 Å². The lowest BCUT2D eigenvalue weighted by Gasteiger charge is -2.12. The topological polar surface area (TPSA) is 103 Å². The van der Waals surface area contributed by atoms with Gasteiger partial charge in [0.2, 0.25) is 5.91 Å². The molecule has 0 saturated heterocycles. The van der Waals surface area contributed by atoms with Gasteiger partial charge in [-0.2, -0.15) is 0 Å². The van der Waals surface area contributed by atoms with Gasteiger partial charge in [-0.15, -0.1) is 0 Å². The average Bonchev–Trinajstić information content (AvgIpc) is 3.06. The summed E-state index contributed by atoms with van der Waals surface area (Å²) in [6, 6.07) is 16.6. The average molecular weight is 483 g/mol. The minimum Gasteiger partial charge on any atom is -0.496 e. The molecule has 0 atom stereocenters. The maximum atomic E-state index is 12.8. The zero-order valence-electron chi connectivity index (χ0n) is 19.0. The molecule has 0 aromatic heterocycles. The fraction of sp³-hybridized carbons (Fsp3) is 0.240. The minimum atomic E-state index is -3.83. The van der Waals surface area contributed by atoms with Crippen molar-refractivity contribution in [3.05, 3.63) is 71.8 Å². The third kappa shape index (κ3) is 5.60. The number of carbonyl (C=O) groups excluding carboxylic acids is 1. The fourth-order valence-corrected chi connectivity index (χ4v) is 4.59. The molecular formula is C25H26N2O6S. The standard InChI is InChI=1S/C25H26N2O6S/c1-17-4-5-18(14-23(17)31-2)15-25(28)26-19-6-8-20(9-7-19)27-34(29,30)21-10-11-22-24(16-21)33-13-3-12-32-22/h4-11,14,16,27H,3,12-13,15H2,1-2H3,(H,26,28). The van der Waals surface area contributed by atoms with Crippen LogP contribution in [0.4, 0.5) is 11.4 Å². The Bertz CT molecular complexity index is 1290. The second-order valence-electron chi connectivity index (χ2n) is 7.87. The van der Waals surface area contributed by atoms with Crippen LogP contribution in [0.5, 0.6) is 17.2 Å². The van der Waals surface area contributed by atoms with Crippen LogP contribution in [0.15, 0.2) is 65.6 Å². The third-order valence-electron chi connectivity index (χ3n) is 5.29. The first-order valence-electron chi connectivity index (χ1n) is 10.8. The van der Waals surface area contributed by atoms with Crippen LogP contribution in [-0.2, 0) is 21.2 Å². The monoisotopic (exact) mass is 482 g/mol. The number of fused-ring (bicyclic) bond motifs is 1. The van der Waals surface area contributed by atoms with E-state index in [-0.39, 0.29) is 17.2 Å². The van der Waals surface area contributed by atoms with Crippen molar-refractivity contribution in [3.63, 3.8) is 0 Å². The summed E-state index contributed by atoms with van der Waals surface area (Å²) in [6.45, 7) is 2.93. The largest absolute Gasteiger partial charge is 0.496 e. The highest BCUT2D eigenvalue weighted by molar-refractivity contribution is 7.92. The number of amides is 1. The van der Waals surface area contributed by atoms with Crippen molar-refractivity contribution in [1.82, 2.24) is 0 Å². The lowest BCUT2D eigenvalue weighted by Crippen LogP contribution is -2.15. The van der Waals surface area contributed by atoms with Crippen molar-refractivity contribution < 1.29 is 27.4 Å². The predicted molar refractivity (Wildman–Crippen MR) is 129 cm³/mol. The van der Waals surface area contributed by atoms with Crippen molar-refractivity contribution in [1.29, 1.82) is 0 Å². The maximum Gasteiger partial charge on any atom is 0.262 e. The molecule has 0 radical (unpaired) electrons. The normalized spacial score (nSPS) is 13.0. The number of sulfonamides is 1. The first-order valence-corrected chi connectivity index (χ1v) is 12.3. The van der Waals surface area contributed by atoms with Gasteiger partial charge in [-0.05, 0) is 60.5 Å². The van der Waals surface area contributed by atoms with Crippen LogP contribution < -0.4 is 24.2 Å². The lowest BCUT2D eigenvalue weighted by atomic mass is 10.1. The molecule has 178 valence electrons. The number of anilines is 2. The quantitative estimate of drug-likeness (QED) is 0.525. The van der Waals surface area contributed by atoms with Gasteiger partial charge >= 0.3 is 0 Å². The van der Waals surface area contributed by atoms with Crippen molar-refractivity contribution in [2.24, 2.45) is 0 Å². The van der Waals surface area contributed by atoms with Crippen LogP contribution in [-0.4, -0.2) is 34.6 Å². The molecule has 0 bridgehead atoms. The van der Waals surface area contributed by atoms with Gasteiger partial charge in [0.1, 0.15) is 5.75 Å². The number of rotatable bonds is 7. The van der Waals surface area contributed by atoms with Gasteiger partial charge in [-0.25, -0.2) is 8.42 Å². The molecule has 3 aromatic rings. The van der Waals surface area contributed by atoms with E-state index in [1.54, 1.807) is 37.4 Å². The van der Waals surface area contributed by atoms with Crippen LogP contribution in [0.1, 0.15) is 17.5 Å². The Morgan fingerprint density at radius 2 is 1.65 bits per heavy atom. The summed E-state index contributed by atoms with van der Waals surface area (Å²) >= 11 is 0. The maximum absolute atomic E-state index is 12.8. The Kier molecular flexibility index (Phi) is 6.93. The Balaban J connectivity index is 1.39. The molecule has 8 nitrogen and oxygen atoms in total. The molecule has 0 aliphatic carbocycles. The molecule has 0 fully saturated rings. The number of hydrogen-bond donors (Lipinski definition) is 2. The van der Waals surface area contributed by atoms with Gasteiger partial charge in [0, 0.05) is 23.9 Å². The summed E-state index contributed by atoms with van der Waals surface area (Å²) in [5, 5.41) is 2.82. The second kappa shape index (κ2) is 10.0. The van der Waals surface area contributed by atoms with Crippen LogP contribution in [0.2, 0.25) is 0 Å². The molecular weight excluding hydrogens is 456 g/mol. The molecule has 2 N–H and O–H groups in total. The highest BCUT2D eigenvalue weighted by Gasteiger charge is 2.19. The minimum absolute atomic E-state index is 0.0719. The molecule has 9 heteroatoms. The number of methoxy groups -OCH3 is 1. The number of ether oxygens (including phenoxy) is 3. The van der Waals surface area contributed by atoms with E-state index in [1.165, 1.54) is 12.1 Å². The molecule has 0 unspecified atom stereocenters. The Morgan fingerprint density at radius 1 is 0.941 bits per heavy atom. The van der Waals surface area contributed by atoms with E-state index in [1.807, 2.05) is 25.1 Å². The van der Waals surface area contributed by atoms with E-state index < -0.39 is 10.0 Å². The number of nitrogens with one attached hydrogen (secondary N) is 2. The second-order valence-corrected chi connectivity index (χ2v) is 9.55. The van der Waals surface area contributed by atoms with Crippen LogP contribution in [0.3, 0.4) is 0 Å². The molecule has 1 amide bonds. The fourth-order valence-electron chi connectivity index (χ4n) is 3.51. The molecule has 4 rings (SSSR count). The Hall–Kier alpha value is -3.72. The van der Waals surface area contributed by atoms with Crippen molar-refractivity contribution >= 4 is 27.3 Å². The van der Waals surface area contributed by atoms with E-state index in [4.69, 9.17) is 14.2 Å². The SMILES string of the molecule is COc1cc(CC(=O)Nc2ccc(NS(=O)(=O)c3ccc4c(c3)OCCCO4)cc2)ccc1C. The van der Waals surface area contributed by atoms with Crippen molar-refractivity contribution in [2.45, 2.75) is 24.7 Å². The molecule has 0 spiro atoms. The highest BCUT2D eigenvalue weighted by Crippen LogP contribution is 2.32. The molecule has 34 heavy (non-hydrogen) atoms. The molecule has 1 aliphatic rings. The Morgan fingerprint density at radius 3 is 2.38 bits per heavy atom. The number of hydrogen-bond acceptors (Lipinski definition) is 6. The van der Waals surface area contributed by atoms with Gasteiger partial charge in [0.25, 0.3) is 10.0 Å². The van der Waals surface area contributed by atoms with Gasteiger partial charge in [0.15, 0.2) is 11.5 Å². The highest BCUT2D eigenvalue weighted by atomic mass is 32.2. The van der Waals surface area contributed by atoms with Crippen molar-refractivity contribution in [2.75, 3.05) is 30.4 Å². The molecule has 1 heterocycles. The van der Waals surface area contributed by atoms with Crippen molar-refractivity contribution in [3.8, 4) is 17.2 Å². The van der Waals surface area contributed by atoms with Gasteiger partial charge < -0.3 is 19.5 Å². The summed E-state index contributed by atoms with van der Waals surface area (Å²) in [7, 11) is -2.24. The van der Waals surface area contributed by atoms with E-state index in [2.05, 4.69) is 10.0 Å². The molecule has 1 aliphatic heterocycles. The van der Waals surface area contributed by atoms with E-state index in [0.29, 0.717) is 36.1 Å². The smallest absolute Gasteiger partial charge is 0.262 e. The molecule has 3 aromatic carbocycles. The summed E-state index contributed by atoms with van der Waals surface area (Å²) in [5.41, 5.74) is 2.76. The van der Waals surface area contributed by atoms with Crippen LogP contribution >= 0.6 is 0 Å². The first-order chi connectivity index (χ1) is 16.3. The Labute approximate surface area is 198 Å². The zero-order chi connectivity index (χ0) is 24.1. The van der Waals surface area contributed by atoms with Gasteiger partial charge in [-0.1, -0.05) is 12.1 Å². The first kappa shape index (κ1) is 23.4. The van der Waals surface area contributed by atoms with E-state index >= 15 is 0 Å². The summed E-state index contributed by atoms with van der Waals surface area (Å²) < 4.78 is 44.6. The van der Waals surface area contributed by atoms with Gasteiger partial charge in [0.05, 0.1) is 31.6 Å². The summed E-state index contributed by atoms with van der Waals surface area (Å²) in [6.07, 6.45) is 0.923. The third-order valence-corrected chi connectivity index (χ3v) is 6.67. The number of carbonyl (C=O) groups is 1. The lowest BCUT2D eigenvalue weighted by molar-refractivity contribution is -0.115. The van der Waals surface area contributed by atoms with Crippen LogP contribution in [0, 0.1) is 6.92 Å². The van der Waals surface area contributed by atoms with E-state index in [9.17, 15) is 13.2 Å². The van der Waals surface area contributed by atoms with E-state index in [0.717, 1.165) is 23.3 Å². The summed E-state index contributed by atoms with van der Waals surface area (Å²) in [5.74, 6) is 1.48.